The highest BCUT2D eigenvalue weighted by molar-refractivity contribution is 5.18. The maximum Gasteiger partial charge on any atom is 0.126 e. The van der Waals surface area contributed by atoms with Crippen LogP contribution >= 0.6 is 0 Å². The van der Waals surface area contributed by atoms with Crippen molar-refractivity contribution in [1.29, 1.82) is 0 Å². The molecule has 0 saturated heterocycles. The standard InChI is InChI=1S/C12H15FO/c1-9(2)7-11(14)8-10-5-3-4-6-12(10)13/h3-6,11,14H,1,7-8H2,2H3. The van der Waals surface area contributed by atoms with E-state index < -0.39 is 6.10 Å². The van der Waals surface area contributed by atoms with Crippen LogP contribution in [0.1, 0.15) is 18.9 Å². The smallest absolute Gasteiger partial charge is 0.126 e. The van der Waals surface area contributed by atoms with Gasteiger partial charge in [0.05, 0.1) is 6.10 Å². The maximum absolute atomic E-state index is 13.2. The van der Waals surface area contributed by atoms with Crippen molar-refractivity contribution in [2.75, 3.05) is 0 Å². The van der Waals surface area contributed by atoms with Gasteiger partial charge in [-0.1, -0.05) is 23.8 Å². The Morgan fingerprint density at radius 1 is 1.50 bits per heavy atom. The lowest BCUT2D eigenvalue weighted by atomic mass is 10.0. The van der Waals surface area contributed by atoms with E-state index in [2.05, 4.69) is 6.58 Å². The van der Waals surface area contributed by atoms with Crippen molar-refractivity contribution < 1.29 is 9.50 Å². The van der Waals surface area contributed by atoms with E-state index in [0.717, 1.165) is 5.57 Å². The molecule has 0 saturated carbocycles. The van der Waals surface area contributed by atoms with Crippen LogP contribution < -0.4 is 0 Å². The fraction of sp³-hybridized carbons (Fsp3) is 0.333. The predicted octanol–water partition coefficient (Wildman–Crippen LogP) is 2.70. The van der Waals surface area contributed by atoms with E-state index in [9.17, 15) is 9.50 Å². The first-order chi connectivity index (χ1) is 6.59. The SMILES string of the molecule is C=C(C)CC(O)Cc1ccccc1F. The summed E-state index contributed by atoms with van der Waals surface area (Å²) in [5.74, 6) is -0.256. The maximum atomic E-state index is 13.2. The van der Waals surface area contributed by atoms with E-state index in [1.807, 2.05) is 6.92 Å². The topological polar surface area (TPSA) is 20.2 Å². The van der Waals surface area contributed by atoms with E-state index in [-0.39, 0.29) is 5.82 Å². The van der Waals surface area contributed by atoms with Gasteiger partial charge in [0.15, 0.2) is 0 Å². The summed E-state index contributed by atoms with van der Waals surface area (Å²) in [6.45, 7) is 5.56. The second kappa shape index (κ2) is 4.91. The van der Waals surface area contributed by atoms with Gasteiger partial charge in [-0.25, -0.2) is 4.39 Å². The molecule has 0 aromatic heterocycles. The normalized spacial score (nSPS) is 12.5. The summed E-state index contributed by atoms with van der Waals surface area (Å²) >= 11 is 0. The van der Waals surface area contributed by atoms with Gasteiger partial charge in [0.1, 0.15) is 5.82 Å². The van der Waals surface area contributed by atoms with E-state index in [0.29, 0.717) is 18.4 Å². The van der Waals surface area contributed by atoms with E-state index in [4.69, 9.17) is 0 Å². The summed E-state index contributed by atoms with van der Waals surface area (Å²) in [4.78, 5) is 0. The Labute approximate surface area is 83.9 Å². The Bertz CT molecular complexity index is 320. The average Bonchev–Trinajstić information content (AvgIpc) is 2.07. The molecule has 0 aliphatic carbocycles. The van der Waals surface area contributed by atoms with Crippen molar-refractivity contribution in [3.8, 4) is 0 Å². The van der Waals surface area contributed by atoms with Crippen LogP contribution in [-0.2, 0) is 6.42 Å². The molecule has 1 aromatic carbocycles. The Morgan fingerprint density at radius 2 is 2.14 bits per heavy atom. The molecule has 0 heterocycles. The highest BCUT2D eigenvalue weighted by Gasteiger charge is 2.08. The van der Waals surface area contributed by atoms with Gasteiger partial charge in [0, 0.05) is 6.42 Å². The van der Waals surface area contributed by atoms with Gasteiger partial charge in [-0.15, -0.1) is 6.58 Å². The minimum absolute atomic E-state index is 0.256. The largest absolute Gasteiger partial charge is 0.392 e. The third kappa shape index (κ3) is 3.30. The number of rotatable bonds is 4. The van der Waals surface area contributed by atoms with Crippen LogP contribution in [0.3, 0.4) is 0 Å². The molecular formula is C12H15FO. The highest BCUT2D eigenvalue weighted by atomic mass is 19.1. The van der Waals surface area contributed by atoms with Crippen LogP contribution in [-0.4, -0.2) is 11.2 Å². The predicted molar refractivity (Wildman–Crippen MR) is 55.5 cm³/mol. The lowest BCUT2D eigenvalue weighted by Crippen LogP contribution is -2.11. The molecule has 76 valence electrons. The monoisotopic (exact) mass is 194 g/mol. The van der Waals surface area contributed by atoms with Gasteiger partial charge >= 0.3 is 0 Å². The molecule has 1 nitrogen and oxygen atoms in total. The van der Waals surface area contributed by atoms with Gasteiger partial charge in [0.25, 0.3) is 0 Å². The Kier molecular flexibility index (Phi) is 3.84. The lowest BCUT2D eigenvalue weighted by molar-refractivity contribution is 0.174. The number of hydrogen-bond acceptors (Lipinski definition) is 1. The first-order valence-corrected chi connectivity index (χ1v) is 4.65. The van der Waals surface area contributed by atoms with Gasteiger partial charge in [-0.2, -0.15) is 0 Å². The van der Waals surface area contributed by atoms with E-state index >= 15 is 0 Å². The number of hydrogen-bond donors (Lipinski definition) is 1. The zero-order chi connectivity index (χ0) is 10.6. The van der Waals surface area contributed by atoms with Gasteiger partial charge in [-0.05, 0) is 25.0 Å². The number of aliphatic hydroxyl groups excluding tert-OH is 1. The number of halogens is 1. The van der Waals surface area contributed by atoms with Crippen LogP contribution in [0.25, 0.3) is 0 Å². The van der Waals surface area contributed by atoms with Crippen LogP contribution in [0.2, 0.25) is 0 Å². The van der Waals surface area contributed by atoms with Crippen molar-refractivity contribution >= 4 is 0 Å². The Balaban J connectivity index is 2.60. The Hall–Kier alpha value is -1.15. The molecule has 2 heteroatoms. The van der Waals surface area contributed by atoms with Crippen molar-refractivity contribution in [2.24, 2.45) is 0 Å². The average molecular weight is 194 g/mol. The summed E-state index contributed by atoms with van der Waals surface area (Å²) < 4.78 is 13.2. The molecule has 0 spiro atoms. The molecule has 0 radical (unpaired) electrons. The zero-order valence-electron chi connectivity index (χ0n) is 8.33. The quantitative estimate of drug-likeness (QED) is 0.731. The first kappa shape index (κ1) is 10.9. The van der Waals surface area contributed by atoms with E-state index in [1.165, 1.54) is 6.07 Å². The summed E-state index contributed by atoms with van der Waals surface area (Å²) in [5.41, 5.74) is 1.47. The molecular weight excluding hydrogens is 179 g/mol. The van der Waals surface area contributed by atoms with Gasteiger partial charge in [-0.3, -0.25) is 0 Å². The molecule has 1 atom stereocenters. The van der Waals surface area contributed by atoms with Crippen molar-refractivity contribution in [1.82, 2.24) is 0 Å². The van der Waals surface area contributed by atoms with Crippen molar-refractivity contribution in [2.45, 2.75) is 25.9 Å². The molecule has 0 aliphatic rings. The molecule has 0 amide bonds. The molecule has 1 N–H and O–H groups in total. The highest BCUT2D eigenvalue weighted by Crippen LogP contribution is 2.12. The molecule has 0 bridgehead atoms. The van der Waals surface area contributed by atoms with Gasteiger partial charge < -0.3 is 5.11 Å². The van der Waals surface area contributed by atoms with E-state index in [1.54, 1.807) is 18.2 Å². The summed E-state index contributed by atoms with van der Waals surface area (Å²) in [6, 6.07) is 6.51. The second-order valence-corrected chi connectivity index (χ2v) is 3.61. The first-order valence-electron chi connectivity index (χ1n) is 4.65. The number of benzene rings is 1. The van der Waals surface area contributed by atoms with Crippen molar-refractivity contribution in [3.63, 3.8) is 0 Å². The van der Waals surface area contributed by atoms with Crippen LogP contribution in [0.15, 0.2) is 36.4 Å². The lowest BCUT2D eigenvalue weighted by Gasteiger charge is -2.10. The molecule has 0 fully saturated rings. The number of aliphatic hydroxyl groups is 1. The molecule has 14 heavy (non-hydrogen) atoms. The van der Waals surface area contributed by atoms with Crippen LogP contribution in [0.4, 0.5) is 4.39 Å². The van der Waals surface area contributed by atoms with Crippen molar-refractivity contribution in [3.05, 3.63) is 47.8 Å². The molecule has 0 aliphatic heterocycles. The third-order valence-corrected chi connectivity index (χ3v) is 2.00. The summed E-state index contributed by atoms with van der Waals surface area (Å²) in [6.07, 6.45) is 0.331. The van der Waals surface area contributed by atoms with Crippen LogP contribution in [0, 0.1) is 5.82 Å². The van der Waals surface area contributed by atoms with Crippen LogP contribution in [0.5, 0.6) is 0 Å². The molecule has 1 aromatic rings. The van der Waals surface area contributed by atoms with Gasteiger partial charge in [0.2, 0.25) is 0 Å². The minimum atomic E-state index is -0.538. The summed E-state index contributed by atoms with van der Waals surface area (Å²) in [7, 11) is 0. The minimum Gasteiger partial charge on any atom is -0.392 e. The molecule has 1 rings (SSSR count). The molecule has 1 unspecified atom stereocenters. The fourth-order valence-electron chi connectivity index (χ4n) is 1.39. The second-order valence-electron chi connectivity index (χ2n) is 3.61. The third-order valence-electron chi connectivity index (χ3n) is 2.00. The fourth-order valence-corrected chi connectivity index (χ4v) is 1.39. The summed E-state index contributed by atoms with van der Waals surface area (Å²) in [5, 5.41) is 9.57. The zero-order valence-corrected chi connectivity index (χ0v) is 8.33. The Morgan fingerprint density at radius 3 is 2.71 bits per heavy atom.